The summed E-state index contributed by atoms with van der Waals surface area (Å²) >= 11 is 6.53. The Morgan fingerprint density at radius 1 is 0.714 bits per heavy atom. The molecule has 0 heterocycles. The maximum atomic E-state index is 10.1. The van der Waals surface area contributed by atoms with Crippen molar-refractivity contribution in [3.63, 3.8) is 0 Å². The van der Waals surface area contributed by atoms with Gasteiger partial charge in [0.2, 0.25) is 0 Å². The molecule has 0 bridgehead atoms. The molecule has 6 N–H and O–H groups in total. The number of aromatic hydroxyl groups is 2. The zero-order valence-corrected chi connectivity index (χ0v) is 17.6. The lowest BCUT2D eigenvalue weighted by molar-refractivity contribution is 0.470. The molecule has 3 rings (SSSR count). The molecule has 0 amide bonds. The second-order valence-corrected chi connectivity index (χ2v) is 7.55. The van der Waals surface area contributed by atoms with Gasteiger partial charge in [0, 0.05) is 23.6 Å². The first-order valence-corrected chi connectivity index (χ1v) is 9.67. The number of nitrogens with two attached hydrogens (primary N) is 2. The van der Waals surface area contributed by atoms with Gasteiger partial charge in [-0.25, -0.2) is 0 Å². The lowest BCUT2D eigenvalue weighted by Crippen LogP contribution is -1.92. The zero-order valence-electron chi connectivity index (χ0n) is 14.5. The molecule has 28 heavy (non-hydrogen) atoms. The van der Waals surface area contributed by atoms with E-state index < -0.39 is 0 Å². The molecule has 0 spiro atoms. The first kappa shape index (κ1) is 19.9. The molecule has 142 valence electrons. The van der Waals surface area contributed by atoms with Crippen LogP contribution in [0.4, 0.5) is 22.7 Å². The Kier molecular flexibility index (Phi) is 6.01. The van der Waals surface area contributed by atoms with Crippen LogP contribution in [0.5, 0.6) is 11.5 Å². The van der Waals surface area contributed by atoms with Crippen molar-refractivity contribution in [2.75, 3.05) is 11.5 Å². The fourth-order valence-electron chi connectivity index (χ4n) is 2.39. The topological polar surface area (TPSA) is 117 Å². The van der Waals surface area contributed by atoms with E-state index in [-0.39, 0.29) is 11.5 Å². The number of nitrogen functional groups attached to an aromatic ring is 2. The van der Waals surface area contributed by atoms with Gasteiger partial charge in [-0.15, -0.1) is 0 Å². The van der Waals surface area contributed by atoms with Crippen molar-refractivity contribution in [2.24, 2.45) is 9.98 Å². The molecule has 6 nitrogen and oxygen atoms in total. The normalized spacial score (nSPS) is 11.5. The first-order chi connectivity index (χ1) is 13.4. The van der Waals surface area contributed by atoms with Crippen LogP contribution in [0, 0.1) is 0 Å². The molecule has 0 radical (unpaired) electrons. The van der Waals surface area contributed by atoms with Gasteiger partial charge in [0.1, 0.15) is 11.5 Å². The summed E-state index contributed by atoms with van der Waals surface area (Å²) in [6.45, 7) is 0. The fraction of sp³-hybridized carbons (Fsp3) is 0. The lowest BCUT2D eigenvalue weighted by Gasteiger charge is -2.07. The number of aliphatic imine (C=N–C) groups is 2. The third kappa shape index (κ3) is 4.35. The molecule has 0 saturated carbocycles. The van der Waals surface area contributed by atoms with Gasteiger partial charge in [0.15, 0.2) is 0 Å². The van der Waals surface area contributed by atoms with Crippen molar-refractivity contribution in [3.8, 4) is 11.5 Å². The zero-order chi connectivity index (χ0) is 20.3. The Labute approximate surface area is 178 Å². The van der Waals surface area contributed by atoms with Crippen molar-refractivity contribution in [1.82, 2.24) is 0 Å². The number of nitrogens with zero attached hydrogens (tertiary/aromatic N) is 2. The van der Waals surface area contributed by atoms with Gasteiger partial charge in [0.25, 0.3) is 0 Å². The van der Waals surface area contributed by atoms with Crippen molar-refractivity contribution < 1.29 is 10.2 Å². The van der Waals surface area contributed by atoms with E-state index in [9.17, 15) is 10.2 Å². The predicted octanol–water partition coefficient (Wildman–Crippen LogP) is 5.29. The van der Waals surface area contributed by atoms with Crippen LogP contribution in [-0.4, -0.2) is 22.6 Å². The Morgan fingerprint density at radius 3 is 1.57 bits per heavy atom. The number of anilines is 2. The van der Waals surface area contributed by atoms with E-state index in [0.29, 0.717) is 42.8 Å². The summed E-state index contributed by atoms with van der Waals surface area (Å²) < 4.78 is 1.14. The summed E-state index contributed by atoms with van der Waals surface area (Å²) in [4.78, 5) is 8.70. The van der Waals surface area contributed by atoms with Crippen LogP contribution < -0.4 is 11.5 Å². The second-order valence-electron chi connectivity index (χ2n) is 5.84. The average molecular weight is 504 g/mol. The van der Waals surface area contributed by atoms with Crippen molar-refractivity contribution in [2.45, 2.75) is 0 Å². The molecule has 0 saturated heterocycles. The SMILES string of the molecule is Nc1cc(N)c(N=Cc2cccc(Br)c2O)cc1N=Cc1cccc(Br)c1O. The van der Waals surface area contributed by atoms with E-state index >= 15 is 0 Å². The Bertz CT molecular complexity index is 1020. The molecule has 0 aliphatic carbocycles. The highest BCUT2D eigenvalue weighted by Gasteiger charge is 2.07. The standard InChI is InChI=1S/C20H16Br2N4O2/c21-13-5-1-3-11(19(13)27)9-25-17-8-18(16(24)7-15(17)23)26-10-12-4-2-6-14(22)20(12)28/h1-10,27-28H,23-24H2. The highest BCUT2D eigenvalue weighted by atomic mass is 79.9. The van der Waals surface area contributed by atoms with Gasteiger partial charge in [0.05, 0.1) is 31.7 Å². The minimum atomic E-state index is 0.0867. The fourth-order valence-corrected chi connectivity index (χ4v) is 3.15. The summed E-state index contributed by atoms with van der Waals surface area (Å²) in [5.41, 5.74) is 14.8. The maximum Gasteiger partial charge on any atom is 0.138 e. The molecular weight excluding hydrogens is 488 g/mol. The number of phenols is 2. The van der Waals surface area contributed by atoms with E-state index in [0.717, 1.165) is 0 Å². The van der Waals surface area contributed by atoms with E-state index in [1.807, 2.05) is 0 Å². The van der Waals surface area contributed by atoms with Crippen LogP contribution in [0.1, 0.15) is 11.1 Å². The van der Waals surface area contributed by atoms with Gasteiger partial charge < -0.3 is 21.7 Å². The Balaban J connectivity index is 1.94. The molecule has 0 atom stereocenters. The average Bonchev–Trinajstić information content (AvgIpc) is 2.66. The number of rotatable bonds is 4. The van der Waals surface area contributed by atoms with E-state index in [1.165, 1.54) is 12.4 Å². The summed E-state index contributed by atoms with van der Waals surface area (Å²) in [5.74, 6) is 0.173. The molecule has 8 heteroatoms. The Morgan fingerprint density at radius 2 is 1.14 bits per heavy atom. The summed E-state index contributed by atoms with van der Waals surface area (Å²) in [6.07, 6.45) is 3.02. The van der Waals surface area contributed by atoms with E-state index in [2.05, 4.69) is 41.8 Å². The number of hydrogen-bond acceptors (Lipinski definition) is 6. The highest BCUT2D eigenvalue weighted by molar-refractivity contribution is 9.10. The number of para-hydroxylation sites is 2. The third-order valence-electron chi connectivity index (χ3n) is 3.90. The van der Waals surface area contributed by atoms with E-state index in [1.54, 1.807) is 48.5 Å². The largest absolute Gasteiger partial charge is 0.506 e. The minimum Gasteiger partial charge on any atom is -0.506 e. The number of benzene rings is 3. The van der Waals surface area contributed by atoms with Crippen LogP contribution in [-0.2, 0) is 0 Å². The third-order valence-corrected chi connectivity index (χ3v) is 5.18. The molecule has 0 aliphatic rings. The van der Waals surface area contributed by atoms with Gasteiger partial charge in [-0.2, -0.15) is 0 Å². The van der Waals surface area contributed by atoms with E-state index in [4.69, 9.17) is 11.5 Å². The predicted molar refractivity (Wildman–Crippen MR) is 121 cm³/mol. The van der Waals surface area contributed by atoms with Crippen LogP contribution in [0.15, 0.2) is 67.5 Å². The van der Waals surface area contributed by atoms with Crippen molar-refractivity contribution >= 4 is 67.0 Å². The monoisotopic (exact) mass is 502 g/mol. The number of hydrogen-bond donors (Lipinski definition) is 4. The van der Waals surface area contributed by atoms with Crippen LogP contribution in [0.3, 0.4) is 0 Å². The smallest absolute Gasteiger partial charge is 0.138 e. The first-order valence-electron chi connectivity index (χ1n) is 8.09. The second kappa shape index (κ2) is 8.45. The molecule has 0 unspecified atom stereocenters. The number of halogens is 2. The summed E-state index contributed by atoms with van der Waals surface area (Å²) in [5, 5.41) is 20.1. The van der Waals surface area contributed by atoms with Gasteiger partial charge in [-0.05, 0) is 68.3 Å². The van der Waals surface area contributed by atoms with Gasteiger partial charge in [-0.3, -0.25) is 9.98 Å². The molecule has 3 aromatic rings. The molecule has 3 aromatic carbocycles. The summed E-state index contributed by atoms with van der Waals surface area (Å²) in [6, 6.07) is 13.7. The lowest BCUT2D eigenvalue weighted by atomic mass is 10.2. The molecule has 0 fully saturated rings. The molecule has 0 aromatic heterocycles. The number of phenolic OH excluding ortho intramolecular Hbond substituents is 2. The summed E-state index contributed by atoms with van der Waals surface area (Å²) in [7, 11) is 0. The van der Waals surface area contributed by atoms with Gasteiger partial charge >= 0.3 is 0 Å². The maximum absolute atomic E-state index is 10.1. The molecular formula is C20H16Br2N4O2. The van der Waals surface area contributed by atoms with Crippen LogP contribution in [0.2, 0.25) is 0 Å². The highest BCUT2D eigenvalue weighted by Crippen LogP contribution is 2.34. The Hall–Kier alpha value is -2.84. The quantitative estimate of drug-likeness (QED) is 0.286. The van der Waals surface area contributed by atoms with Gasteiger partial charge in [-0.1, -0.05) is 12.1 Å². The van der Waals surface area contributed by atoms with Crippen molar-refractivity contribution in [3.05, 3.63) is 68.6 Å². The minimum absolute atomic E-state index is 0.0867. The molecule has 0 aliphatic heterocycles. The van der Waals surface area contributed by atoms with Crippen molar-refractivity contribution in [1.29, 1.82) is 0 Å². The van der Waals surface area contributed by atoms with Crippen LogP contribution >= 0.6 is 31.9 Å². The van der Waals surface area contributed by atoms with Crippen LogP contribution in [0.25, 0.3) is 0 Å².